The van der Waals surface area contributed by atoms with Gasteiger partial charge in [-0.1, -0.05) is 0 Å². The van der Waals surface area contributed by atoms with Gasteiger partial charge in [-0.15, -0.1) is 0 Å². The van der Waals surface area contributed by atoms with Crippen molar-refractivity contribution in [2.24, 2.45) is 23.7 Å². The van der Waals surface area contributed by atoms with Gasteiger partial charge in [-0.3, -0.25) is 14.9 Å². The lowest BCUT2D eigenvalue weighted by Crippen LogP contribution is -2.41. The third-order valence-electron chi connectivity index (χ3n) is 4.21. The van der Waals surface area contributed by atoms with Crippen molar-refractivity contribution in [3.63, 3.8) is 0 Å². The standard InChI is InChI=1S/C10H13NO3/c1-10(14)3-4-2-5(10)7-6(4)8(12)11-9(7)13/h4-7,14H,2-3H2,1H3,(H,11,12,13)/t4-,5+,6+,7-,10+/m0/s1. The van der Waals surface area contributed by atoms with Gasteiger partial charge in [0.05, 0.1) is 17.4 Å². The summed E-state index contributed by atoms with van der Waals surface area (Å²) in [5, 5.41) is 12.4. The second-order valence-corrected chi connectivity index (χ2v) is 5.07. The number of carbonyl (C=O) groups is 2. The lowest BCUT2D eigenvalue weighted by molar-refractivity contribution is -0.128. The van der Waals surface area contributed by atoms with Crippen LogP contribution in [0.15, 0.2) is 0 Å². The molecule has 2 aliphatic carbocycles. The third kappa shape index (κ3) is 0.780. The highest BCUT2D eigenvalue weighted by molar-refractivity contribution is 6.06. The van der Waals surface area contributed by atoms with Crippen LogP contribution < -0.4 is 5.32 Å². The minimum Gasteiger partial charge on any atom is -0.390 e. The number of rotatable bonds is 0. The number of imide groups is 1. The maximum Gasteiger partial charge on any atom is 0.230 e. The highest BCUT2D eigenvalue weighted by Crippen LogP contribution is 2.58. The van der Waals surface area contributed by atoms with Crippen molar-refractivity contribution in [3.8, 4) is 0 Å². The Morgan fingerprint density at radius 3 is 2.71 bits per heavy atom. The SMILES string of the molecule is C[C@@]1(O)C[C@@H]2C[C@@H]1[C@@H]1C(=O)NC(=O)[C@H]21. The molecule has 0 radical (unpaired) electrons. The zero-order valence-corrected chi connectivity index (χ0v) is 7.99. The number of fused-ring (bicyclic) bond motifs is 5. The first-order valence-corrected chi connectivity index (χ1v) is 5.08. The van der Waals surface area contributed by atoms with Crippen molar-refractivity contribution >= 4 is 11.8 Å². The molecule has 0 spiro atoms. The Bertz CT molecular complexity index is 336. The van der Waals surface area contributed by atoms with Gasteiger partial charge in [0, 0.05) is 5.92 Å². The molecule has 2 amide bonds. The van der Waals surface area contributed by atoms with Crippen LogP contribution in [-0.4, -0.2) is 22.5 Å². The first kappa shape index (κ1) is 8.41. The number of carbonyl (C=O) groups excluding carboxylic acids is 2. The van der Waals surface area contributed by atoms with Gasteiger partial charge in [0.2, 0.25) is 11.8 Å². The summed E-state index contributed by atoms with van der Waals surface area (Å²) < 4.78 is 0. The van der Waals surface area contributed by atoms with Crippen molar-refractivity contribution in [2.45, 2.75) is 25.4 Å². The summed E-state index contributed by atoms with van der Waals surface area (Å²) in [7, 11) is 0. The van der Waals surface area contributed by atoms with Crippen molar-refractivity contribution in [1.29, 1.82) is 0 Å². The van der Waals surface area contributed by atoms with Gasteiger partial charge in [0.1, 0.15) is 0 Å². The number of nitrogens with one attached hydrogen (secondary N) is 1. The molecule has 1 heterocycles. The molecule has 0 aromatic carbocycles. The normalized spacial score (nSPS) is 55.0. The van der Waals surface area contributed by atoms with Crippen LogP contribution in [0.5, 0.6) is 0 Å². The van der Waals surface area contributed by atoms with E-state index in [-0.39, 0.29) is 35.5 Å². The van der Waals surface area contributed by atoms with Crippen LogP contribution in [0, 0.1) is 23.7 Å². The van der Waals surface area contributed by atoms with E-state index in [1.165, 1.54) is 0 Å². The van der Waals surface area contributed by atoms with E-state index in [1.54, 1.807) is 6.92 Å². The van der Waals surface area contributed by atoms with E-state index >= 15 is 0 Å². The summed E-state index contributed by atoms with van der Waals surface area (Å²) in [5.74, 6) is -0.491. The zero-order valence-electron chi connectivity index (χ0n) is 7.99. The topological polar surface area (TPSA) is 66.4 Å². The molecule has 1 aliphatic heterocycles. The van der Waals surface area contributed by atoms with Crippen LogP contribution in [0.4, 0.5) is 0 Å². The van der Waals surface area contributed by atoms with Crippen molar-refractivity contribution < 1.29 is 14.7 Å². The summed E-state index contributed by atoms with van der Waals surface area (Å²) in [4.78, 5) is 23.0. The lowest BCUT2D eigenvalue weighted by Gasteiger charge is -2.33. The largest absolute Gasteiger partial charge is 0.390 e. The summed E-state index contributed by atoms with van der Waals surface area (Å²) >= 11 is 0. The van der Waals surface area contributed by atoms with Crippen molar-refractivity contribution in [3.05, 3.63) is 0 Å². The lowest BCUT2D eigenvalue weighted by atomic mass is 9.73. The Labute approximate surface area is 81.7 Å². The Morgan fingerprint density at radius 1 is 1.36 bits per heavy atom. The highest BCUT2D eigenvalue weighted by Gasteiger charge is 2.64. The van der Waals surface area contributed by atoms with Crippen molar-refractivity contribution in [1.82, 2.24) is 5.32 Å². The quantitative estimate of drug-likeness (QED) is 0.520. The molecule has 1 saturated heterocycles. The van der Waals surface area contributed by atoms with Gasteiger partial charge in [-0.05, 0) is 25.7 Å². The fourth-order valence-electron chi connectivity index (χ4n) is 3.71. The Balaban J connectivity index is 2.02. The van der Waals surface area contributed by atoms with Crippen LogP contribution in [0.1, 0.15) is 19.8 Å². The van der Waals surface area contributed by atoms with E-state index in [9.17, 15) is 14.7 Å². The molecular weight excluding hydrogens is 182 g/mol. The monoisotopic (exact) mass is 195 g/mol. The predicted molar refractivity (Wildman–Crippen MR) is 47.0 cm³/mol. The first-order chi connectivity index (χ1) is 6.50. The van der Waals surface area contributed by atoms with E-state index < -0.39 is 5.60 Å². The predicted octanol–water partition coefficient (Wildman–Crippen LogP) is -0.334. The van der Waals surface area contributed by atoms with E-state index in [4.69, 9.17) is 0 Å². The van der Waals surface area contributed by atoms with E-state index in [0.29, 0.717) is 6.42 Å². The molecule has 0 unspecified atom stereocenters. The van der Waals surface area contributed by atoms with Gasteiger partial charge in [-0.25, -0.2) is 0 Å². The summed E-state index contributed by atoms with van der Waals surface area (Å²) in [6, 6.07) is 0. The number of hydrogen-bond acceptors (Lipinski definition) is 3. The van der Waals surface area contributed by atoms with Crippen molar-refractivity contribution in [2.75, 3.05) is 0 Å². The molecule has 2 saturated carbocycles. The van der Waals surface area contributed by atoms with E-state index in [2.05, 4.69) is 5.32 Å². The Morgan fingerprint density at radius 2 is 2.00 bits per heavy atom. The average molecular weight is 195 g/mol. The fourth-order valence-corrected chi connectivity index (χ4v) is 3.71. The van der Waals surface area contributed by atoms with Crippen LogP contribution in [0.25, 0.3) is 0 Å². The molecule has 14 heavy (non-hydrogen) atoms. The maximum absolute atomic E-state index is 11.5. The second kappa shape index (κ2) is 2.19. The summed E-state index contributed by atoms with van der Waals surface area (Å²) in [5.41, 5.74) is -0.742. The minimum absolute atomic E-state index is 0.0102. The molecule has 2 bridgehead atoms. The van der Waals surface area contributed by atoms with E-state index in [0.717, 1.165) is 6.42 Å². The molecule has 3 rings (SSSR count). The first-order valence-electron chi connectivity index (χ1n) is 5.08. The van der Waals surface area contributed by atoms with Crippen LogP contribution in [0.2, 0.25) is 0 Å². The average Bonchev–Trinajstić information content (AvgIpc) is 2.62. The summed E-state index contributed by atoms with van der Waals surface area (Å²) in [6.45, 7) is 1.78. The molecule has 3 fully saturated rings. The van der Waals surface area contributed by atoms with E-state index in [1.807, 2.05) is 0 Å². The molecule has 5 atom stereocenters. The van der Waals surface area contributed by atoms with Gasteiger partial charge >= 0.3 is 0 Å². The fraction of sp³-hybridized carbons (Fsp3) is 0.800. The number of aliphatic hydroxyl groups is 1. The number of hydrogen-bond donors (Lipinski definition) is 2. The minimum atomic E-state index is -0.742. The highest BCUT2D eigenvalue weighted by atomic mass is 16.3. The van der Waals surface area contributed by atoms with Crippen LogP contribution >= 0.6 is 0 Å². The zero-order chi connectivity index (χ0) is 10.1. The summed E-state index contributed by atoms with van der Waals surface area (Å²) in [6.07, 6.45) is 1.50. The molecule has 4 nitrogen and oxygen atoms in total. The Kier molecular flexibility index (Phi) is 1.31. The molecular formula is C10H13NO3. The molecule has 4 heteroatoms. The molecule has 3 aliphatic rings. The van der Waals surface area contributed by atoms with Gasteiger partial charge in [-0.2, -0.15) is 0 Å². The van der Waals surface area contributed by atoms with Crippen LogP contribution in [0.3, 0.4) is 0 Å². The van der Waals surface area contributed by atoms with Gasteiger partial charge in [0.25, 0.3) is 0 Å². The third-order valence-corrected chi connectivity index (χ3v) is 4.21. The van der Waals surface area contributed by atoms with Gasteiger partial charge < -0.3 is 5.11 Å². The Hall–Kier alpha value is -0.900. The molecule has 2 N–H and O–H groups in total. The van der Waals surface area contributed by atoms with Crippen LogP contribution in [-0.2, 0) is 9.59 Å². The maximum atomic E-state index is 11.5. The smallest absolute Gasteiger partial charge is 0.230 e. The van der Waals surface area contributed by atoms with Gasteiger partial charge in [0.15, 0.2) is 0 Å². The molecule has 0 aromatic heterocycles. The molecule has 76 valence electrons. The number of amides is 2. The second-order valence-electron chi connectivity index (χ2n) is 5.07. The molecule has 0 aromatic rings.